The van der Waals surface area contributed by atoms with Crippen molar-refractivity contribution in [1.82, 2.24) is 4.90 Å². The highest BCUT2D eigenvalue weighted by Gasteiger charge is 2.24. The first-order valence-electron chi connectivity index (χ1n) is 7.42. The van der Waals surface area contributed by atoms with E-state index in [9.17, 15) is 0 Å². The summed E-state index contributed by atoms with van der Waals surface area (Å²) in [7, 11) is 0. The van der Waals surface area contributed by atoms with Crippen molar-refractivity contribution in [2.45, 2.75) is 39.0 Å². The molecule has 1 saturated heterocycles. The molecule has 1 aromatic rings. The summed E-state index contributed by atoms with van der Waals surface area (Å²) in [4.78, 5) is 2.41. The first-order chi connectivity index (χ1) is 9.60. The number of hydrogen-bond acceptors (Lipinski definition) is 4. The van der Waals surface area contributed by atoms with E-state index in [0.29, 0.717) is 6.54 Å². The number of ether oxygens (including phenoxy) is 2. The van der Waals surface area contributed by atoms with E-state index >= 15 is 0 Å². The Morgan fingerprint density at radius 2 is 2.05 bits per heavy atom. The molecule has 0 amide bonds. The third-order valence-corrected chi connectivity index (χ3v) is 3.57. The van der Waals surface area contributed by atoms with Crippen LogP contribution in [0.3, 0.4) is 0 Å². The predicted octanol–water partition coefficient (Wildman–Crippen LogP) is 2.19. The Kier molecular flexibility index (Phi) is 5.40. The SMILES string of the molecule is CC(C)Oc1ccc(C(CN)N2CCOC(C)C2)cc1. The molecule has 1 aliphatic rings. The van der Waals surface area contributed by atoms with Crippen LogP contribution in [-0.4, -0.2) is 43.3 Å². The van der Waals surface area contributed by atoms with Crippen LogP contribution in [0.25, 0.3) is 0 Å². The second kappa shape index (κ2) is 7.07. The molecule has 1 heterocycles. The minimum absolute atomic E-state index is 0.200. The fraction of sp³-hybridized carbons (Fsp3) is 0.625. The van der Waals surface area contributed by atoms with Gasteiger partial charge in [0.2, 0.25) is 0 Å². The maximum absolute atomic E-state index is 5.99. The monoisotopic (exact) mass is 278 g/mol. The molecule has 0 bridgehead atoms. The Morgan fingerprint density at radius 3 is 2.60 bits per heavy atom. The van der Waals surface area contributed by atoms with E-state index in [-0.39, 0.29) is 18.2 Å². The summed E-state index contributed by atoms with van der Waals surface area (Å²) in [6.45, 7) is 9.46. The first-order valence-corrected chi connectivity index (χ1v) is 7.42. The van der Waals surface area contributed by atoms with Crippen molar-refractivity contribution in [2.75, 3.05) is 26.2 Å². The van der Waals surface area contributed by atoms with E-state index in [1.165, 1.54) is 5.56 Å². The van der Waals surface area contributed by atoms with Gasteiger partial charge in [0.15, 0.2) is 0 Å². The third-order valence-electron chi connectivity index (χ3n) is 3.57. The molecule has 20 heavy (non-hydrogen) atoms. The number of morpholine rings is 1. The minimum Gasteiger partial charge on any atom is -0.491 e. The van der Waals surface area contributed by atoms with Gasteiger partial charge >= 0.3 is 0 Å². The van der Waals surface area contributed by atoms with E-state index in [2.05, 4.69) is 24.0 Å². The van der Waals surface area contributed by atoms with Gasteiger partial charge in [0.05, 0.1) is 18.8 Å². The molecule has 0 spiro atoms. The second-order valence-electron chi connectivity index (χ2n) is 5.66. The van der Waals surface area contributed by atoms with Gasteiger partial charge in [-0.05, 0) is 38.5 Å². The molecule has 2 rings (SSSR count). The summed E-state index contributed by atoms with van der Waals surface area (Å²) in [6.07, 6.45) is 0.479. The fourth-order valence-electron chi connectivity index (χ4n) is 2.67. The standard InChI is InChI=1S/C16H26N2O2/c1-12(2)20-15-6-4-14(5-7-15)16(10-17)18-8-9-19-13(3)11-18/h4-7,12-13,16H,8-11,17H2,1-3H3. The molecule has 4 heteroatoms. The number of rotatable bonds is 5. The summed E-state index contributed by atoms with van der Waals surface area (Å²) in [5.41, 5.74) is 7.23. The molecule has 1 aliphatic heterocycles. The predicted molar refractivity (Wildman–Crippen MR) is 81.0 cm³/mol. The molecule has 112 valence electrons. The van der Waals surface area contributed by atoms with Crippen molar-refractivity contribution < 1.29 is 9.47 Å². The topological polar surface area (TPSA) is 47.7 Å². The zero-order valence-electron chi connectivity index (χ0n) is 12.7. The van der Waals surface area contributed by atoms with Crippen LogP contribution in [0.1, 0.15) is 32.4 Å². The molecule has 2 atom stereocenters. The number of benzene rings is 1. The Morgan fingerprint density at radius 1 is 1.35 bits per heavy atom. The average Bonchev–Trinajstić information content (AvgIpc) is 2.41. The van der Waals surface area contributed by atoms with Gasteiger partial charge in [0.25, 0.3) is 0 Å². The number of nitrogens with two attached hydrogens (primary N) is 1. The Bertz CT molecular complexity index is 405. The summed E-state index contributed by atoms with van der Waals surface area (Å²) in [5, 5.41) is 0. The Hall–Kier alpha value is -1.10. The van der Waals surface area contributed by atoms with E-state index in [4.69, 9.17) is 15.2 Å². The van der Waals surface area contributed by atoms with Gasteiger partial charge < -0.3 is 15.2 Å². The summed E-state index contributed by atoms with van der Waals surface area (Å²) < 4.78 is 11.3. The fourth-order valence-corrected chi connectivity index (χ4v) is 2.67. The number of nitrogens with zero attached hydrogens (tertiary/aromatic N) is 1. The van der Waals surface area contributed by atoms with Crippen LogP contribution in [0.2, 0.25) is 0 Å². The van der Waals surface area contributed by atoms with Gasteiger partial charge in [-0.2, -0.15) is 0 Å². The summed E-state index contributed by atoms with van der Waals surface area (Å²) in [6, 6.07) is 8.56. The first kappa shape index (κ1) is 15.3. The minimum atomic E-state index is 0.200. The highest BCUT2D eigenvalue weighted by atomic mass is 16.5. The lowest BCUT2D eigenvalue weighted by Crippen LogP contribution is -2.45. The van der Waals surface area contributed by atoms with Gasteiger partial charge in [-0.15, -0.1) is 0 Å². The molecule has 1 aromatic carbocycles. The Balaban J connectivity index is 2.07. The van der Waals surface area contributed by atoms with Crippen molar-refractivity contribution in [1.29, 1.82) is 0 Å². The van der Waals surface area contributed by atoms with Crippen LogP contribution in [0.15, 0.2) is 24.3 Å². The van der Waals surface area contributed by atoms with Crippen LogP contribution in [0, 0.1) is 0 Å². The van der Waals surface area contributed by atoms with Crippen LogP contribution in [-0.2, 0) is 4.74 Å². The van der Waals surface area contributed by atoms with Crippen LogP contribution in [0.4, 0.5) is 0 Å². The van der Waals surface area contributed by atoms with Crippen molar-refractivity contribution in [3.8, 4) is 5.75 Å². The lowest BCUT2D eigenvalue weighted by molar-refractivity contribution is -0.0333. The average molecular weight is 278 g/mol. The smallest absolute Gasteiger partial charge is 0.119 e. The molecule has 0 aliphatic carbocycles. The summed E-state index contributed by atoms with van der Waals surface area (Å²) in [5.74, 6) is 0.912. The van der Waals surface area contributed by atoms with E-state index in [0.717, 1.165) is 25.4 Å². The van der Waals surface area contributed by atoms with Gasteiger partial charge in [-0.1, -0.05) is 12.1 Å². The second-order valence-corrected chi connectivity index (χ2v) is 5.66. The normalized spacial score (nSPS) is 21.9. The molecule has 2 N–H and O–H groups in total. The molecular weight excluding hydrogens is 252 g/mol. The van der Waals surface area contributed by atoms with E-state index in [1.807, 2.05) is 26.0 Å². The molecule has 0 radical (unpaired) electrons. The maximum atomic E-state index is 5.99. The van der Waals surface area contributed by atoms with Gasteiger partial charge in [-0.25, -0.2) is 0 Å². The molecule has 1 fully saturated rings. The van der Waals surface area contributed by atoms with Gasteiger partial charge in [0, 0.05) is 25.7 Å². The quantitative estimate of drug-likeness (QED) is 0.897. The van der Waals surface area contributed by atoms with E-state index < -0.39 is 0 Å². The highest BCUT2D eigenvalue weighted by molar-refractivity contribution is 5.29. The third kappa shape index (κ3) is 3.95. The van der Waals surface area contributed by atoms with Crippen LogP contribution < -0.4 is 10.5 Å². The number of hydrogen-bond donors (Lipinski definition) is 1. The molecule has 2 unspecified atom stereocenters. The summed E-state index contributed by atoms with van der Waals surface area (Å²) >= 11 is 0. The lowest BCUT2D eigenvalue weighted by atomic mass is 10.0. The highest BCUT2D eigenvalue weighted by Crippen LogP contribution is 2.24. The van der Waals surface area contributed by atoms with Crippen LogP contribution >= 0.6 is 0 Å². The van der Waals surface area contributed by atoms with Crippen molar-refractivity contribution in [3.05, 3.63) is 29.8 Å². The van der Waals surface area contributed by atoms with Crippen molar-refractivity contribution >= 4 is 0 Å². The van der Waals surface area contributed by atoms with Crippen LogP contribution in [0.5, 0.6) is 5.75 Å². The van der Waals surface area contributed by atoms with Crippen molar-refractivity contribution in [2.24, 2.45) is 5.73 Å². The molecule has 0 saturated carbocycles. The lowest BCUT2D eigenvalue weighted by Gasteiger charge is -2.37. The molecule has 0 aromatic heterocycles. The van der Waals surface area contributed by atoms with Gasteiger partial charge in [0.1, 0.15) is 5.75 Å². The maximum Gasteiger partial charge on any atom is 0.119 e. The molecular formula is C16H26N2O2. The zero-order valence-corrected chi connectivity index (χ0v) is 12.7. The largest absolute Gasteiger partial charge is 0.491 e. The zero-order chi connectivity index (χ0) is 14.5. The van der Waals surface area contributed by atoms with Gasteiger partial charge in [-0.3, -0.25) is 4.90 Å². The van der Waals surface area contributed by atoms with E-state index in [1.54, 1.807) is 0 Å². The Labute approximate surface area is 121 Å². The van der Waals surface area contributed by atoms with Crippen molar-refractivity contribution in [3.63, 3.8) is 0 Å². The molecule has 4 nitrogen and oxygen atoms in total.